The van der Waals surface area contributed by atoms with Crippen molar-refractivity contribution in [2.24, 2.45) is 0 Å². The van der Waals surface area contributed by atoms with Crippen LogP contribution in [0.15, 0.2) is 83.8 Å². The van der Waals surface area contributed by atoms with Crippen molar-refractivity contribution < 1.29 is 29.6 Å². The number of thioether (sulfide) groups is 1. The number of aryl methyl sites for hydroxylation is 1. The van der Waals surface area contributed by atoms with Gasteiger partial charge in [0.2, 0.25) is 0 Å². The van der Waals surface area contributed by atoms with Crippen LogP contribution in [0.4, 0.5) is 43.7 Å². The number of carbonyl (C=O) groups excluding carboxylic acids is 2. The van der Waals surface area contributed by atoms with Crippen molar-refractivity contribution in [3.05, 3.63) is 110 Å². The lowest BCUT2D eigenvalue weighted by Crippen LogP contribution is -2.20. The van der Waals surface area contributed by atoms with Gasteiger partial charge in [-0.1, -0.05) is 35.9 Å². The number of phenolic OH excluding ortho intramolecular Hbond substituents is 2. The van der Waals surface area contributed by atoms with Gasteiger partial charge in [0.15, 0.2) is 0 Å². The number of carbonyl (C=O) groups is 2. The van der Waals surface area contributed by atoms with Crippen molar-refractivity contribution in [1.29, 1.82) is 0 Å². The van der Waals surface area contributed by atoms with E-state index in [4.69, 9.17) is 11.6 Å². The number of nitro groups is 2. The van der Waals surface area contributed by atoms with Gasteiger partial charge in [-0.2, -0.15) is 0 Å². The van der Waals surface area contributed by atoms with Gasteiger partial charge in [-0.15, -0.1) is 11.8 Å². The van der Waals surface area contributed by atoms with Gasteiger partial charge in [0.25, 0.3) is 11.4 Å². The summed E-state index contributed by atoms with van der Waals surface area (Å²) in [4.78, 5) is 44.7. The summed E-state index contributed by atoms with van der Waals surface area (Å²) >= 11 is 7.48. The molecule has 0 saturated heterocycles. The van der Waals surface area contributed by atoms with E-state index in [0.717, 1.165) is 22.6 Å². The van der Waals surface area contributed by atoms with E-state index < -0.39 is 27.7 Å². The van der Waals surface area contributed by atoms with Gasteiger partial charge >= 0.3 is 12.1 Å². The number of nitrogens with one attached hydrogen (secondary N) is 4. The molecule has 16 heteroatoms. The molecule has 4 rings (SSSR count). The average molecular weight is 641 g/mol. The number of hydrogen-bond donors (Lipinski definition) is 6. The summed E-state index contributed by atoms with van der Waals surface area (Å²) in [7, 11) is 0. The van der Waals surface area contributed by atoms with Gasteiger partial charge in [-0.3, -0.25) is 20.2 Å². The van der Waals surface area contributed by atoms with Crippen LogP contribution in [0.25, 0.3) is 0 Å². The third-order valence-electron chi connectivity index (χ3n) is 5.70. The topological polar surface area (TPSA) is 209 Å². The highest BCUT2D eigenvalue weighted by Crippen LogP contribution is 2.30. The molecule has 4 aromatic rings. The van der Waals surface area contributed by atoms with Crippen LogP contribution in [-0.4, -0.2) is 38.4 Å². The molecule has 0 saturated carbocycles. The molecule has 0 atom stereocenters. The van der Waals surface area contributed by atoms with Crippen molar-refractivity contribution >= 4 is 69.5 Å². The molecule has 0 unspecified atom stereocenters. The third kappa shape index (κ3) is 8.98. The van der Waals surface area contributed by atoms with Gasteiger partial charge in [-0.05, 0) is 49.1 Å². The molecule has 0 aliphatic carbocycles. The van der Waals surface area contributed by atoms with Crippen LogP contribution in [0.3, 0.4) is 0 Å². The zero-order valence-electron chi connectivity index (χ0n) is 23.0. The standard InChI is InChI=1S/C14H12ClN3O4.C14H13N3O4S/c1-8-3-2-4-10(15)13(8)17-14(20)16-11-6-5-9(18(21)22)7-12(11)19;1-22-13-5-3-2-4-11(13)16-14(19)15-10-7-6-9(17(20)21)8-12(10)18/h2-7,19H,1H3,(H2,16,17,20);2-8,18H,1H3,(H2,15,16,19). The van der Waals surface area contributed by atoms with E-state index in [9.17, 15) is 40.0 Å². The lowest BCUT2D eigenvalue weighted by molar-refractivity contribution is -0.385. The molecule has 14 nitrogen and oxygen atoms in total. The Bertz CT molecular complexity index is 1700. The van der Waals surface area contributed by atoms with Crippen LogP contribution < -0.4 is 21.3 Å². The Labute approximate surface area is 259 Å². The molecule has 0 aliphatic heterocycles. The monoisotopic (exact) mass is 640 g/mol. The normalized spacial score (nSPS) is 10.1. The number of phenols is 2. The predicted molar refractivity (Wildman–Crippen MR) is 169 cm³/mol. The lowest BCUT2D eigenvalue weighted by atomic mass is 10.2. The van der Waals surface area contributed by atoms with Gasteiger partial charge in [0.1, 0.15) is 11.5 Å². The number of halogens is 1. The molecule has 0 bridgehead atoms. The van der Waals surface area contributed by atoms with E-state index in [1.54, 1.807) is 37.3 Å². The van der Waals surface area contributed by atoms with Crippen molar-refractivity contribution in [2.75, 3.05) is 27.5 Å². The van der Waals surface area contributed by atoms with Crippen LogP contribution in [0, 0.1) is 27.2 Å². The molecule has 0 aromatic heterocycles. The molecule has 44 heavy (non-hydrogen) atoms. The number of amides is 4. The van der Waals surface area contributed by atoms with E-state index in [1.807, 2.05) is 18.4 Å². The number of hydrogen-bond acceptors (Lipinski definition) is 9. The van der Waals surface area contributed by atoms with Crippen molar-refractivity contribution in [2.45, 2.75) is 11.8 Å². The molecule has 0 radical (unpaired) electrons. The minimum Gasteiger partial charge on any atom is -0.506 e. The molecule has 0 heterocycles. The number of non-ortho nitro benzene ring substituents is 2. The van der Waals surface area contributed by atoms with Crippen LogP contribution >= 0.6 is 23.4 Å². The minimum absolute atomic E-state index is 0.0489. The Morgan fingerprint density at radius 1 is 0.727 bits per heavy atom. The summed E-state index contributed by atoms with van der Waals surface area (Å²) in [6.07, 6.45) is 1.89. The Hall–Kier alpha value is -5.54. The second-order valence-corrected chi connectivity index (χ2v) is 9.96. The lowest BCUT2D eigenvalue weighted by Gasteiger charge is -2.12. The van der Waals surface area contributed by atoms with Crippen molar-refractivity contribution in [3.63, 3.8) is 0 Å². The molecule has 6 N–H and O–H groups in total. The zero-order valence-corrected chi connectivity index (χ0v) is 24.6. The van der Waals surface area contributed by atoms with E-state index in [2.05, 4.69) is 21.3 Å². The first-order valence-electron chi connectivity index (χ1n) is 12.4. The zero-order chi connectivity index (χ0) is 32.4. The highest BCUT2D eigenvalue weighted by atomic mass is 35.5. The smallest absolute Gasteiger partial charge is 0.323 e. The Kier molecular flexibility index (Phi) is 11.3. The fraction of sp³-hybridized carbons (Fsp3) is 0.0714. The predicted octanol–water partition coefficient (Wildman–Crippen LogP) is 7.57. The Balaban J connectivity index is 0.000000240. The Morgan fingerprint density at radius 2 is 1.23 bits per heavy atom. The first kappa shape index (κ1) is 33.0. The maximum absolute atomic E-state index is 11.9. The number of urea groups is 2. The SMILES string of the molecule is CSc1ccccc1NC(=O)Nc1ccc([N+](=O)[O-])cc1O.Cc1cccc(Cl)c1NC(=O)Nc1ccc([N+](=O)[O-])cc1O. The van der Waals surface area contributed by atoms with Crippen LogP contribution in [0.5, 0.6) is 11.5 Å². The summed E-state index contributed by atoms with van der Waals surface area (Å²) in [5.41, 5.74) is 1.46. The summed E-state index contributed by atoms with van der Waals surface area (Å²) < 4.78 is 0. The molecular weight excluding hydrogens is 616 g/mol. The molecule has 0 fully saturated rings. The fourth-order valence-electron chi connectivity index (χ4n) is 3.56. The van der Waals surface area contributed by atoms with Crippen molar-refractivity contribution in [1.82, 2.24) is 0 Å². The summed E-state index contributed by atoms with van der Waals surface area (Å²) in [5.74, 6) is -0.775. The number of para-hydroxylation sites is 2. The Morgan fingerprint density at radius 3 is 1.70 bits per heavy atom. The van der Waals surface area contributed by atoms with Gasteiger partial charge < -0.3 is 31.5 Å². The first-order chi connectivity index (χ1) is 20.9. The van der Waals surface area contributed by atoms with Crippen LogP contribution in [-0.2, 0) is 0 Å². The third-order valence-corrected chi connectivity index (χ3v) is 6.81. The van der Waals surface area contributed by atoms with Gasteiger partial charge in [0, 0.05) is 17.0 Å². The first-order valence-corrected chi connectivity index (χ1v) is 14.0. The molecule has 4 amide bonds. The molecule has 4 aromatic carbocycles. The largest absolute Gasteiger partial charge is 0.506 e. The highest BCUT2D eigenvalue weighted by Gasteiger charge is 2.15. The van der Waals surface area contributed by atoms with E-state index >= 15 is 0 Å². The number of benzene rings is 4. The second-order valence-electron chi connectivity index (χ2n) is 8.71. The maximum Gasteiger partial charge on any atom is 0.323 e. The molecule has 0 aliphatic rings. The van der Waals surface area contributed by atoms with Crippen LogP contribution in [0.2, 0.25) is 5.02 Å². The molecular formula is C28H25ClN6O8S. The van der Waals surface area contributed by atoms with Gasteiger partial charge in [-0.25, -0.2) is 9.59 Å². The highest BCUT2D eigenvalue weighted by molar-refractivity contribution is 7.98. The molecule has 228 valence electrons. The molecule has 0 spiro atoms. The maximum atomic E-state index is 11.9. The quantitative estimate of drug-likeness (QED) is 0.0508. The number of nitro benzene ring substituents is 2. The van der Waals surface area contributed by atoms with Crippen LogP contribution in [0.1, 0.15) is 5.56 Å². The number of rotatable bonds is 7. The van der Waals surface area contributed by atoms with Gasteiger partial charge in [0.05, 0.1) is 49.8 Å². The summed E-state index contributed by atoms with van der Waals surface area (Å²) in [5, 5.41) is 51.0. The van der Waals surface area contributed by atoms with Crippen molar-refractivity contribution in [3.8, 4) is 11.5 Å². The average Bonchev–Trinajstić information content (AvgIpc) is 2.97. The van der Waals surface area contributed by atoms with E-state index in [0.29, 0.717) is 16.4 Å². The van der Waals surface area contributed by atoms with E-state index in [1.165, 1.54) is 36.0 Å². The fourth-order valence-corrected chi connectivity index (χ4v) is 4.38. The number of aromatic hydroxyl groups is 2. The summed E-state index contributed by atoms with van der Waals surface area (Å²) in [6.45, 7) is 1.78. The summed E-state index contributed by atoms with van der Waals surface area (Å²) in [6, 6.07) is 18.1. The van der Waals surface area contributed by atoms with E-state index in [-0.39, 0.29) is 28.5 Å². The second kappa shape index (κ2) is 15.1. The minimum atomic E-state index is -0.642. The number of nitrogens with zero attached hydrogens (tertiary/aromatic N) is 2. The number of anilines is 4.